The summed E-state index contributed by atoms with van der Waals surface area (Å²) in [5, 5.41) is 11.8. The number of halogens is 1. The molecule has 1 atom stereocenters. The molecular formula is C16H19ClN2O2. The molecule has 0 aliphatic carbocycles. The number of likely N-dealkylation sites (tertiary alicyclic amines) is 1. The van der Waals surface area contributed by atoms with Crippen molar-refractivity contribution >= 4 is 22.4 Å². The highest BCUT2D eigenvalue weighted by Gasteiger charge is 2.22. The van der Waals surface area contributed by atoms with Gasteiger partial charge in [0.2, 0.25) is 0 Å². The van der Waals surface area contributed by atoms with Gasteiger partial charge in [-0.05, 0) is 35.9 Å². The fraction of sp³-hybridized carbons (Fsp3) is 0.438. The minimum absolute atomic E-state index is 0.0884. The van der Waals surface area contributed by atoms with Crippen LogP contribution in [0.5, 0.6) is 0 Å². The molecule has 1 aromatic heterocycles. The number of aromatic amines is 1. The van der Waals surface area contributed by atoms with Crippen molar-refractivity contribution in [1.82, 2.24) is 9.88 Å². The first kappa shape index (κ1) is 14.6. The molecule has 5 heteroatoms. The highest BCUT2D eigenvalue weighted by molar-refractivity contribution is 6.31. The summed E-state index contributed by atoms with van der Waals surface area (Å²) in [4.78, 5) is 17.4. The molecule has 4 nitrogen and oxygen atoms in total. The second-order valence-corrected chi connectivity index (χ2v) is 6.07. The van der Waals surface area contributed by atoms with E-state index in [1.807, 2.05) is 19.1 Å². The Kier molecular flexibility index (Phi) is 4.02. The first-order valence-electron chi connectivity index (χ1n) is 7.32. The van der Waals surface area contributed by atoms with Crippen molar-refractivity contribution < 1.29 is 5.11 Å². The lowest BCUT2D eigenvalue weighted by atomic mass is 10.0. The van der Waals surface area contributed by atoms with Gasteiger partial charge in [0.25, 0.3) is 5.56 Å². The van der Waals surface area contributed by atoms with Gasteiger partial charge in [0, 0.05) is 35.7 Å². The molecule has 0 saturated carbocycles. The topological polar surface area (TPSA) is 56.3 Å². The minimum atomic E-state index is -0.237. The number of benzene rings is 1. The van der Waals surface area contributed by atoms with Gasteiger partial charge < -0.3 is 10.1 Å². The van der Waals surface area contributed by atoms with E-state index in [2.05, 4.69) is 9.88 Å². The second kappa shape index (κ2) is 5.79. The zero-order valence-electron chi connectivity index (χ0n) is 12.0. The van der Waals surface area contributed by atoms with Gasteiger partial charge in [-0.1, -0.05) is 24.6 Å². The van der Waals surface area contributed by atoms with Crippen LogP contribution in [0.1, 0.15) is 24.6 Å². The molecule has 0 amide bonds. The van der Waals surface area contributed by atoms with Crippen molar-refractivity contribution in [2.45, 2.75) is 32.4 Å². The van der Waals surface area contributed by atoms with E-state index in [0.29, 0.717) is 17.0 Å². The number of H-pyrrole nitrogens is 1. The molecule has 1 aliphatic rings. The van der Waals surface area contributed by atoms with Gasteiger partial charge in [-0.15, -0.1) is 0 Å². The lowest BCUT2D eigenvalue weighted by Gasteiger charge is -2.19. The van der Waals surface area contributed by atoms with Crippen molar-refractivity contribution in [3.05, 3.63) is 44.8 Å². The number of aromatic nitrogens is 1. The predicted molar refractivity (Wildman–Crippen MR) is 84.9 cm³/mol. The smallest absolute Gasteiger partial charge is 0.256 e. The average molecular weight is 307 g/mol. The lowest BCUT2D eigenvalue weighted by Crippen LogP contribution is -2.24. The number of hydrogen-bond donors (Lipinski definition) is 2. The molecule has 2 N–H and O–H groups in total. The molecule has 2 heterocycles. The van der Waals surface area contributed by atoms with E-state index >= 15 is 0 Å². The molecule has 1 aromatic carbocycles. The Balaban J connectivity index is 2.10. The van der Waals surface area contributed by atoms with Crippen molar-refractivity contribution in [2.24, 2.45) is 0 Å². The molecule has 0 unspecified atom stereocenters. The van der Waals surface area contributed by atoms with Crippen molar-refractivity contribution in [1.29, 1.82) is 0 Å². The van der Waals surface area contributed by atoms with Gasteiger partial charge >= 0.3 is 0 Å². The van der Waals surface area contributed by atoms with E-state index in [1.165, 1.54) is 0 Å². The maximum absolute atomic E-state index is 12.2. The number of nitrogens with one attached hydrogen (secondary N) is 1. The Morgan fingerprint density at radius 2 is 2.24 bits per heavy atom. The SMILES string of the molecule is CCc1[nH]c(=O)c2cc(Cl)ccc2c1CN1CC[C@@H](O)C1. The van der Waals surface area contributed by atoms with Gasteiger partial charge in [-0.25, -0.2) is 0 Å². The number of pyridine rings is 1. The second-order valence-electron chi connectivity index (χ2n) is 5.63. The summed E-state index contributed by atoms with van der Waals surface area (Å²) in [5.74, 6) is 0. The van der Waals surface area contributed by atoms with Crippen LogP contribution in [0, 0.1) is 0 Å². The molecule has 1 saturated heterocycles. The third kappa shape index (κ3) is 2.84. The molecule has 112 valence electrons. The summed E-state index contributed by atoms with van der Waals surface area (Å²) < 4.78 is 0. The summed E-state index contributed by atoms with van der Waals surface area (Å²) in [5.41, 5.74) is 2.02. The zero-order valence-corrected chi connectivity index (χ0v) is 12.8. The Morgan fingerprint density at radius 3 is 2.90 bits per heavy atom. The first-order chi connectivity index (χ1) is 10.1. The summed E-state index contributed by atoms with van der Waals surface area (Å²) in [6.45, 7) is 4.36. The van der Waals surface area contributed by atoms with Gasteiger partial charge in [0.05, 0.1) is 6.10 Å². The van der Waals surface area contributed by atoms with Gasteiger partial charge in [-0.3, -0.25) is 9.69 Å². The minimum Gasteiger partial charge on any atom is -0.392 e. The molecule has 21 heavy (non-hydrogen) atoms. The normalized spacial score (nSPS) is 19.5. The summed E-state index contributed by atoms with van der Waals surface area (Å²) >= 11 is 6.01. The van der Waals surface area contributed by atoms with Crippen LogP contribution in [0.15, 0.2) is 23.0 Å². The maximum atomic E-state index is 12.2. The van der Waals surface area contributed by atoms with E-state index in [0.717, 1.165) is 42.6 Å². The standard InChI is InChI=1S/C16H19ClN2O2/c1-2-15-14(9-19-6-5-11(20)8-19)12-4-3-10(17)7-13(12)16(21)18-15/h3-4,7,11,20H,2,5-6,8-9H2,1H3,(H,18,21)/t11-/m1/s1. The zero-order chi connectivity index (χ0) is 15.0. The van der Waals surface area contributed by atoms with Crippen LogP contribution in [0.3, 0.4) is 0 Å². The summed E-state index contributed by atoms with van der Waals surface area (Å²) in [6.07, 6.45) is 1.35. The fourth-order valence-corrected chi connectivity index (χ4v) is 3.24. The molecule has 1 aliphatic heterocycles. The van der Waals surface area contributed by atoms with E-state index < -0.39 is 0 Å². The lowest BCUT2D eigenvalue weighted by molar-refractivity contribution is 0.175. The third-order valence-corrected chi connectivity index (χ3v) is 4.40. The number of fused-ring (bicyclic) bond motifs is 1. The number of hydrogen-bond acceptors (Lipinski definition) is 3. The van der Waals surface area contributed by atoms with Gasteiger partial charge in [0.15, 0.2) is 0 Å². The Hall–Kier alpha value is -1.36. The van der Waals surface area contributed by atoms with Crippen molar-refractivity contribution in [3.63, 3.8) is 0 Å². The Morgan fingerprint density at radius 1 is 1.43 bits per heavy atom. The molecule has 0 bridgehead atoms. The van der Waals surface area contributed by atoms with Crippen LogP contribution in [-0.2, 0) is 13.0 Å². The predicted octanol–water partition coefficient (Wildman–Crippen LogP) is 2.31. The van der Waals surface area contributed by atoms with E-state index in [-0.39, 0.29) is 11.7 Å². The van der Waals surface area contributed by atoms with Crippen LogP contribution in [0.2, 0.25) is 5.02 Å². The molecular weight excluding hydrogens is 288 g/mol. The summed E-state index contributed by atoms with van der Waals surface area (Å²) in [7, 11) is 0. The maximum Gasteiger partial charge on any atom is 0.256 e. The molecule has 0 spiro atoms. The van der Waals surface area contributed by atoms with Crippen molar-refractivity contribution in [3.8, 4) is 0 Å². The Labute approximate surface area is 128 Å². The van der Waals surface area contributed by atoms with E-state index in [4.69, 9.17) is 11.6 Å². The van der Waals surface area contributed by atoms with Crippen LogP contribution < -0.4 is 5.56 Å². The van der Waals surface area contributed by atoms with Crippen LogP contribution >= 0.6 is 11.6 Å². The number of aliphatic hydroxyl groups is 1. The van der Waals surface area contributed by atoms with Crippen LogP contribution in [0.4, 0.5) is 0 Å². The van der Waals surface area contributed by atoms with Crippen molar-refractivity contribution in [2.75, 3.05) is 13.1 Å². The summed E-state index contributed by atoms with van der Waals surface area (Å²) in [6, 6.07) is 5.47. The van der Waals surface area contributed by atoms with Crippen LogP contribution in [0.25, 0.3) is 10.8 Å². The van der Waals surface area contributed by atoms with E-state index in [1.54, 1.807) is 6.07 Å². The number of nitrogens with zero attached hydrogens (tertiary/aromatic N) is 1. The van der Waals surface area contributed by atoms with Crippen LogP contribution in [-0.4, -0.2) is 34.2 Å². The highest BCUT2D eigenvalue weighted by Crippen LogP contribution is 2.24. The Bertz CT molecular complexity index is 726. The molecule has 1 fully saturated rings. The fourth-order valence-electron chi connectivity index (χ4n) is 3.07. The third-order valence-electron chi connectivity index (χ3n) is 4.16. The van der Waals surface area contributed by atoms with Gasteiger partial charge in [-0.2, -0.15) is 0 Å². The average Bonchev–Trinajstić information content (AvgIpc) is 2.87. The molecule has 3 rings (SSSR count). The van der Waals surface area contributed by atoms with E-state index in [9.17, 15) is 9.90 Å². The molecule has 2 aromatic rings. The number of β-amino-alcohol motifs (C(OH)–C–C–N with tert-alkyl or cyclic N) is 1. The quantitative estimate of drug-likeness (QED) is 0.915. The number of rotatable bonds is 3. The first-order valence-corrected chi connectivity index (χ1v) is 7.70. The largest absolute Gasteiger partial charge is 0.392 e. The molecule has 0 radical (unpaired) electrons. The number of aliphatic hydroxyl groups excluding tert-OH is 1. The number of aryl methyl sites for hydroxylation is 1. The van der Waals surface area contributed by atoms with Gasteiger partial charge in [0.1, 0.15) is 0 Å². The highest BCUT2D eigenvalue weighted by atomic mass is 35.5. The monoisotopic (exact) mass is 306 g/mol.